The number of carboxylic acids is 1. The highest BCUT2D eigenvalue weighted by Gasteiger charge is 2.15. The first kappa shape index (κ1) is 27.2. The molecule has 0 saturated heterocycles. The Bertz CT molecular complexity index is 808. The molecule has 168 valence electrons. The number of nitrogens with two attached hydrogens (primary N) is 2. The fourth-order valence-electron chi connectivity index (χ4n) is 2.36. The number of carboxylic acid groups (broad SMARTS) is 1. The molecule has 0 fully saturated rings. The first-order chi connectivity index (χ1) is 14.6. The molecule has 0 radical (unpaired) electrons. The van der Waals surface area contributed by atoms with E-state index in [9.17, 15) is 14.4 Å². The van der Waals surface area contributed by atoms with E-state index in [-0.39, 0.29) is 5.57 Å². The Morgan fingerprint density at radius 2 is 1.19 bits per heavy atom. The van der Waals surface area contributed by atoms with Crippen molar-refractivity contribution in [2.75, 3.05) is 13.2 Å². The average molecular weight is 431 g/mol. The van der Waals surface area contributed by atoms with Gasteiger partial charge in [-0.2, -0.15) is 0 Å². The van der Waals surface area contributed by atoms with Crippen molar-refractivity contribution >= 4 is 18.2 Å². The second kappa shape index (κ2) is 15.1. The maximum Gasteiger partial charge on any atom is 0.404 e. The van der Waals surface area contributed by atoms with Gasteiger partial charge in [-0.3, -0.25) is 0 Å². The Hall–Kier alpha value is -3.81. The Morgan fingerprint density at radius 3 is 1.42 bits per heavy atom. The van der Waals surface area contributed by atoms with E-state index in [1.54, 1.807) is 13.8 Å². The molecule has 1 aliphatic rings. The van der Waals surface area contributed by atoms with Gasteiger partial charge in [0.25, 0.3) is 0 Å². The molecule has 0 bridgehead atoms. The fraction of sp³-hybridized carbons (Fsp3) is 0.261. The molecule has 0 atom stereocenters. The van der Waals surface area contributed by atoms with Crippen LogP contribution in [0.2, 0.25) is 0 Å². The van der Waals surface area contributed by atoms with E-state index in [0.717, 1.165) is 6.42 Å². The molecular formula is C23H30N2O6. The number of amides is 2. The molecule has 5 N–H and O–H groups in total. The summed E-state index contributed by atoms with van der Waals surface area (Å²) in [6, 6.07) is 17.3. The van der Waals surface area contributed by atoms with Crippen LogP contribution in [0.25, 0.3) is 11.1 Å². The molecule has 1 aliphatic carbocycles. The number of rotatable bonds is 3. The topological polar surface area (TPSA) is 142 Å². The van der Waals surface area contributed by atoms with Crippen molar-refractivity contribution in [2.45, 2.75) is 27.2 Å². The van der Waals surface area contributed by atoms with Crippen LogP contribution in [0.15, 0.2) is 60.7 Å². The number of aliphatic carboxylic acids is 1. The lowest BCUT2D eigenvalue weighted by Gasteiger charge is -1.98. The molecule has 0 aliphatic heterocycles. The minimum atomic E-state index is -0.935. The predicted molar refractivity (Wildman–Crippen MR) is 120 cm³/mol. The third-order valence-corrected chi connectivity index (χ3v) is 3.64. The standard InChI is InChI=1S/C13H10.C4H6O2.2C3H7NO2/c1-3-7-12-10(5-1)9-11-6-2-4-8-13(11)12;1-3(2)4(5)6;2*1-2-6-3(4)5/h1-8H,9H2;1H2,2H3,(H,5,6);2*2H2,1H3,(H2,4,5). The van der Waals surface area contributed by atoms with Crippen molar-refractivity contribution in [2.24, 2.45) is 11.5 Å². The molecule has 3 rings (SSSR count). The van der Waals surface area contributed by atoms with E-state index in [4.69, 9.17) is 5.11 Å². The van der Waals surface area contributed by atoms with E-state index in [2.05, 4.69) is 76.1 Å². The van der Waals surface area contributed by atoms with E-state index in [0.29, 0.717) is 13.2 Å². The highest BCUT2D eigenvalue weighted by atomic mass is 16.5. The Morgan fingerprint density at radius 1 is 0.871 bits per heavy atom. The summed E-state index contributed by atoms with van der Waals surface area (Å²) in [5.41, 5.74) is 15.0. The number of primary amides is 2. The van der Waals surface area contributed by atoms with Gasteiger partial charge < -0.3 is 26.0 Å². The molecule has 2 amide bonds. The van der Waals surface area contributed by atoms with Gasteiger partial charge in [-0.25, -0.2) is 14.4 Å². The van der Waals surface area contributed by atoms with Crippen molar-refractivity contribution in [1.29, 1.82) is 0 Å². The van der Waals surface area contributed by atoms with Gasteiger partial charge in [0, 0.05) is 5.57 Å². The zero-order chi connectivity index (χ0) is 23.8. The smallest absolute Gasteiger partial charge is 0.404 e. The number of benzene rings is 2. The lowest BCUT2D eigenvalue weighted by atomic mass is 10.1. The molecule has 8 nitrogen and oxygen atoms in total. The van der Waals surface area contributed by atoms with E-state index >= 15 is 0 Å². The van der Waals surface area contributed by atoms with Crippen LogP contribution in [0.5, 0.6) is 0 Å². The number of hydrogen-bond donors (Lipinski definition) is 3. The maximum absolute atomic E-state index is 9.60. The Labute approximate surface area is 182 Å². The quantitative estimate of drug-likeness (QED) is 0.534. The van der Waals surface area contributed by atoms with Crippen molar-refractivity contribution in [3.8, 4) is 11.1 Å². The van der Waals surface area contributed by atoms with Crippen LogP contribution in [0.4, 0.5) is 9.59 Å². The van der Waals surface area contributed by atoms with Crippen LogP contribution < -0.4 is 11.5 Å². The van der Waals surface area contributed by atoms with Crippen LogP contribution in [0.1, 0.15) is 31.9 Å². The van der Waals surface area contributed by atoms with E-state index in [1.165, 1.54) is 29.2 Å². The van der Waals surface area contributed by atoms with Crippen LogP contribution in [-0.2, 0) is 20.7 Å². The summed E-state index contributed by atoms with van der Waals surface area (Å²) in [5.74, 6) is -0.935. The van der Waals surface area contributed by atoms with Gasteiger partial charge in [0.05, 0.1) is 13.2 Å². The number of carbonyl (C=O) groups excluding carboxylic acids is 2. The normalized spacial score (nSPS) is 9.52. The van der Waals surface area contributed by atoms with E-state index < -0.39 is 18.2 Å². The molecule has 0 saturated carbocycles. The van der Waals surface area contributed by atoms with Gasteiger partial charge in [0.1, 0.15) is 0 Å². The van der Waals surface area contributed by atoms with Crippen LogP contribution in [-0.4, -0.2) is 36.5 Å². The molecule has 31 heavy (non-hydrogen) atoms. The Kier molecular flexibility index (Phi) is 13.2. The number of hydrogen-bond acceptors (Lipinski definition) is 5. The van der Waals surface area contributed by atoms with Gasteiger partial charge in [-0.15, -0.1) is 0 Å². The molecule has 8 heteroatoms. The second-order valence-electron chi connectivity index (χ2n) is 6.08. The van der Waals surface area contributed by atoms with Crippen LogP contribution in [0, 0.1) is 0 Å². The molecule has 2 aromatic rings. The first-order valence-electron chi connectivity index (χ1n) is 9.53. The molecular weight excluding hydrogens is 400 g/mol. The summed E-state index contributed by atoms with van der Waals surface area (Å²) >= 11 is 0. The predicted octanol–water partition coefficient (Wildman–Crippen LogP) is 4.11. The highest BCUT2D eigenvalue weighted by Crippen LogP contribution is 2.35. The van der Waals surface area contributed by atoms with Gasteiger partial charge in [0.2, 0.25) is 0 Å². The minimum Gasteiger partial charge on any atom is -0.478 e. The number of fused-ring (bicyclic) bond motifs is 3. The van der Waals surface area contributed by atoms with Gasteiger partial charge in [0.15, 0.2) is 0 Å². The lowest BCUT2D eigenvalue weighted by Crippen LogP contribution is -2.11. The van der Waals surface area contributed by atoms with Crippen molar-refractivity contribution in [1.82, 2.24) is 0 Å². The highest BCUT2D eigenvalue weighted by molar-refractivity contribution is 5.84. The molecule has 0 spiro atoms. The third kappa shape index (κ3) is 11.7. The maximum atomic E-state index is 9.60. The SMILES string of the molecule is C=C(C)C(=O)O.CCOC(N)=O.CCOC(N)=O.c1ccc2c(c1)Cc1ccccc1-2. The molecule has 0 heterocycles. The van der Waals surface area contributed by atoms with Crippen LogP contribution >= 0.6 is 0 Å². The first-order valence-corrected chi connectivity index (χ1v) is 9.53. The van der Waals surface area contributed by atoms with Crippen molar-refractivity contribution in [3.63, 3.8) is 0 Å². The molecule has 0 aromatic heterocycles. The van der Waals surface area contributed by atoms with Gasteiger partial charge in [-0.05, 0) is 49.4 Å². The fourth-order valence-corrected chi connectivity index (χ4v) is 2.36. The lowest BCUT2D eigenvalue weighted by molar-refractivity contribution is -0.132. The van der Waals surface area contributed by atoms with Crippen LogP contribution in [0.3, 0.4) is 0 Å². The summed E-state index contributed by atoms with van der Waals surface area (Å²) < 4.78 is 8.36. The molecule has 0 unspecified atom stereocenters. The number of ether oxygens (including phenoxy) is 2. The minimum absolute atomic E-state index is 0.176. The summed E-state index contributed by atoms with van der Waals surface area (Å²) in [7, 11) is 0. The van der Waals surface area contributed by atoms with Crippen molar-refractivity contribution < 1.29 is 29.0 Å². The summed E-state index contributed by atoms with van der Waals surface area (Å²) in [6.07, 6.45) is -0.318. The summed E-state index contributed by atoms with van der Waals surface area (Å²) in [4.78, 5) is 28.8. The van der Waals surface area contributed by atoms with Gasteiger partial charge in [-0.1, -0.05) is 55.1 Å². The number of carbonyl (C=O) groups is 3. The van der Waals surface area contributed by atoms with Gasteiger partial charge >= 0.3 is 18.2 Å². The second-order valence-corrected chi connectivity index (χ2v) is 6.08. The monoisotopic (exact) mass is 430 g/mol. The van der Waals surface area contributed by atoms with Crippen molar-refractivity contribution in [3.05, 3.63) is 71.8 Å². The summed E-state index contributed by atoms with van der Waals surface area (Å²) in [5, 5.41) is 7.89. The largest absolute Gasteiger partial charge is 0.478 e. The zero-order valence-electron chi connectivity index (χ0n) is 18.1. The summed E-state index contributed by atoms with van der Waals surface area (Å²) in [6.45, 7) is 8.71. The third-order valence-electron chi connectivity index (χ3n) is 3.64. The van der Waals surface area contributed by atoms with E-state index in [1.807, 2.05) is 0 Å². The molecule has 2 aromatic carbocycles. The Balaban J connectivity index is 0.000000430. The average Bonchev–Trinajstić information content (AvgIpc) is 3.08. The zero-order valence-corrected chi connectivity index (χ0v) is 18.1.